The van der Waals surface area contributed by atoms with Gasteiger partial charge >= 0.3 is 0 Å². The molecule has 1 aromatic rings. The highest BCUT2D eigenvalue weighted by Crippen LogP contribution is 2.27. The second-order valence-corrected chi connectivity index (χ2v) is 5.80. The van der Waals surface area contributed by atoms with E-state index in [1.54, 1.807) is 12.0 Å². The number of ether oxygens (including phenoxy) is 1. The summed E-state index contributed by atoms with van der Waals surface area (Å²) in [5, 5.41) is 3.00. The van der Waals surface area contributed by atoms with Crippen molar-refractivity contribution in [3.8, 4) is 5.75 Å². The first-order valence-electron chi connectivity index (χ1n) is 7.80. The number of carbonyl (C=O) groups excluding carboxylic acids is 2. The predicted molar refractivity (Wildman–Crippen MR) is 86.0 cm³/mol. The fourth-order valence-corrected chi connectivity index (χ4v) is 2.76. The normalized spacial score (nSPS) is 19.1. The highest BCUT2D eigenvalue weighted by molar-refractivity contribution is 6.00. The van der Waals surface area contributed by atoms with E-state index in [2.05, 4.69) is 12.2 Å². The molecule has 2 unspecified atom stereocenters. The topological polar surface area (TPSA) is 58.6 Å². The molecule has 5 heteroatoms. The lowest BCUT2D eigenvalue weighted by Gasteiger charge is -2.18. The zero-order valence-corrected chi connectivity index (χ0v) is 13.5. The molecule has 2 rings (SSSR count). The Morgan fingerprint density at radius 3 is 2.68 bits per heavy atom. The van der Waals surface area contributed by atoms with E-state index in [0.29, 0.717) is 6.54 Å². The van der Waals surface area contributed by atoms with Gasteiger partial charge in [0.15, 0.2) is 0 Å². The van der Waals surface area contributed by atoms with Crippen LogP contribution in [0.2, 0.25) is 0 Å². The Hall–Kier alpha value is -2.04. The highest BCUT2D eigenvalue weighted by atomic mass is 16.5. The van der Waals surface area contributed by atoms with Crippen molar-refractivity contribution in [2.24, 2.45) is 5.92 Å². The second kappa shape index (κ2) is 7.29. The van der Waals surface area contributed by atoms with Gasteiger partial charge in [0, 0.05) is 24.7 Å². The Kier molecular flexibility index (Phi) is 5.41. The smallest absolute Gasteiger partial charge is 0.227 e. The van der Waals surface area contributed by atoms with Gasteiger partial charge in [0.05, 0.1) is 13.0 Å². The lowest BCUT2D eigenvalue weighted by molar-refractivity contribution is -0.126. The van der Waals surface area contributed by atoms with Gasteiger partial charge < -0.3 is 15.0 Å². The minimum atomic E-state index is -0.270. The van der Waals surface area contributed by atoms with Gasteiger partial charge in [0.1, 0.15) is 5.75 Å². The van der Waals surface area contributed by atoms with Crippen LogP contribution in [0.1, 0.15) is 33.1 Å². The maximum Gasteiger partial charge on any atom is 0.227 e. The summed E-state index contributed by atoms with van der Waals surface area (Å²) in [6, 6.07) is 7.48. The molecule has 1 saturated heterocycles. The fraction of sp³-hybridized carbons (Fsp3) is 0.529. The third-order valence-corrected chi connectivity index (χ3v) is 3.99. The summed E-state index contributed by atoms with van der Waals surface area (Å²) in [6.07, 6.45) is 2.26. The van der Waals surface area contributed by atoms with Gasteiger partial charge in [0.25, 0.3) is 0 Å². The van der Waals surface area contributed by atoms with Crippen LogP contribution in [-0.4, -0.2) is 31.5 Å². The molecule has 0 spiro atoms. The van der Waals surface area contributed by atoms with E-state index in [4.69, 9.17) is 4.74 Å². The summed E-state index contributed by atoms with van der Waals surface area (Å²) in [5.41, 5.74) is 0.808. The fourth-order valence-electron chi connectivity index (χ4n) is 2.76. The first-order valence-corrected chi connectivity index (χ1v) is 7.80. The average molecular weight is 304 g/mol. The Balaban J connectivity index is 1.99. The molecule has 0 aliphatic carbocycles. The lowest BCUT2D eigenvalue weighted by Crippen LogP contribution is -2.38. The quantitative estimate of drug-likeness (QED) is 0.877. The van der Waals surface area contributed by atoms with E-state index in [1.165, 1.54) is 0 Å². The van der Waals surface area contributed by atoms with Crippen LogP contribution in [0.15, 0.2) is 24.3 Å². The van der Waals surface area contributed by atoms with E-state index in [9.17, 15) is 9.59 Å². The van der Waals surface area contributed by atoms with Gasteiger partial charge in [-0.25, -0.2) is 0 Å². The SMILES string of the molecule is CCCC(C)NC(=O)C1CC(=O)N(c2ccc(OC)cc2)C1. The maximum atomic E-state index is 12.2. The zero-order valence-electron chi connectivity index (χ0n) is 13.5. The molecule has 0 saturated carbocycles. The largest absolute Gasteiger partial charge is 0.497 e. The first-order chi connectivity index (χ1) is 10.5. The molecular weight excluding hydrogens is 280 g/mol. The Labute approximate surface area is 131 Å². The monoisotopic (exact) mass is 304 g/mol. The average Bonchev–Trinajstić information content (AvgIpc) is 2.89. The van der Waals surface area contributed by atoms with Crippen LogP contribution < -0.4 is 15.0 Å². The third-order valence-electron chi connectivity index (χ3n) is 3.99. The summed E-state index contributed by atoms with van der Waals surface area (Å²) >= 11 is 0. The van der Waals surface area contributed by atoms with Crippen LogP contribution in [0.4, 0.5) is 5.69 Å². The summed E-state index contributed by atoms with van der Waals surface area (Å²) in [4.78, 5) is 26.1. The third kappa shape index (κ3) is 3.78. The van der Waals surface area contributed by atoms with Crippen molar-refractivity contribution in [1.82, 2.24) is 5.32 Å². The van der Waals surface area contributed by atoms with Crippen LogP contribution in [0, 0.1) is 5.92 Å². The molecule has 2 amide bonds. The van der Waals surface area contributed by atoms with Crippen LogP contribution >= 0.6 is 0 Å². The number of carbonyl (C=O) groups is 2. The summed E-state index contributed by atoms with van der Waals surface area (Å²) in [5.74, 6) is 0.450. The molecule has 0 bridgehead atoms. The summed E-state index contributed by atoms with van der Waals surface area (Å²) in [6.45, 7) is 4.53. The summed E-state index contributed by atoms with van der Waals surface area (Å²) in [7, 11) is 1.61. The molecule has 0 radical (unpaired) electrons. The number of methoxy groups -OCH3 is 1. The van der Waals surface area contributed by atoms with E-state index in [-0.39, 0.29) is 30.2 Å². The van der Waals surface area contributed by atoms with Crippen LogP contribution in [0.25, 0.3) is 0 Å². The molecule has 1 aromatic carbocycles. The minimum absolute atomic E-state index is 0.00605. The molecule has 1 heterocycles. The molecule has 1 aliphatic rings. The van der Waals surface area contributed by atoms with Gasteiger partial charge in [-0.1, -0.05) is 13.3 Å². The summed E-state index contributed by atoms with van der Waals surface area (Å²) < 4.78 is 5.12. The highest BCUT2D eigenvalue weighted by Gasteiger charge is 2.35. The molecule has 1 fully saturated rings. The lowest BCUT2D eigenvalue weighted by atomic mass is 10.1. The molecule has 2 atom stereocenters. The number of anilines is 1. The molecule has 22 heavy (non-hydrogen) atoms. The minimum Gasteiger partial charge on any atom is -0.497 e. The van der Waals surface area contributed by atoms with Crippen molar-refractivity contribution in [3.63, 3.8) is 0 Å². The van der Waals surface area contributed by atoms with E-state index in [1.807, 2.05) is 31.2 Å². The Morgan fingerprint density at radius 2 is 2.09 bits per heavy atom. The van der Waals surface area contributed by atoms with Crippen molar-refractivity contribution in [2.75, 3.05) is 18.6 Å². The second-order valence-electron chi connectivity index (χ2n) is 5.80. The van der Waals surface area contributed by atoms with Crippen LogP contribution in [0.5, 0.6) is 5.75 Å². The Morgan fingerprint density at radius 1 is 1.41 bits per heavy atom. The van der Waals surface area contributed by atoms with Crippen molar-refractivity contribution in [3.05, 3.63) is 24.3 Å². The van der Waals surface area contributed by atoms with Crippen LogP contribution in [0.3, 0.4) is 0 Å². The van der Waals surface area contributed by atoms with Crippen LogP contribution in [-0.2, 0) is 9.59 Å². The van der Waals surface area contributed by atoms with Crippen molar-refractivity contribution in [2.45, 2.75) is 39.2 Å². The van der Waals surface area contributed by atoms with Crippen molar-refractivity contribution < 1.29 is 14.3 Å². The number of amides is 2. The number of hydrogen-bond acceptors (Lipinski definition) is 3. The number of nitrogens with zero attached hydrogens (tertiary/aromatic N) is 1. The maximum absolute atomic E-state index is 12.2. The number of nitrogens with one attached hydrogen (secondary N) is 1. The van der Waals surface area contributed by atoms with Crippen molar-refractivity contribution >= 4 is 17.5 Å². The number of benzene rings is 1. The molecule has 5 nitrogen and oxygen atoms in total. The molecule has 0 aromatic heterocycles. The van der Waals surface area contributed by atoms with Gasteiger partial charge in [-0.2, -0.15) is 0 Å². The van der Waals surface area contributed by atoms with Gasteiger partial charge in [-0.15, -0.1) is 0 Å². The molecule has 1 aliphatic heterocycles. The van der Waals surface area contributed by atoms with Gasteiger partial charge in [-0.05, 0) is 37.6 Å². The van der Waals surface area contributed by atoms with Crippen molar-refractivity contribution in [1.29, 1.82) is 0 Å². The van der Waals surface area contributed by atoms with E-state index in [0.717, 1.165) is 24.3 Å². The molecule has 120 valence electrons. The standard InChI is InChI=1S/C17H24N2O3/c1-4-5-12(2)18-17(21)13-10-16(20)19(11-13)14-6-8-15(22-3)9-7-14/h6-9,12-13H,4-5,10-11H2,1-3H3,(H,18,21). The molecule has 1 N–H and O–H groups in total. The number of hydrogen-bond donors (Lipinski definition) is 1. The van der Waals surface area contributed by atoms with Gasteiger partial charge in [0.2, 0.25) is 11.8 Å². The van der Waals surface area contributed by atoms with Gasteiger partial charge in [-0.3, -0.25) is 9.59 Å². The Bertz CT molecular complexity index is 527. The van der Waals surface area contributed by atoms with E-state index < -0.39 is 0 Å². The van der Waals surface area contributed by atoms with E-state index >= 15 is 0 Å². The molecular formula is C17H24N2O3. The zero-order chi connectivity index (χ0) is 16.1. The predicted octanol–water partition coefficient (Wildman–Crippen LogP) is 2.35. The first kappa shape index (κ1) is 16.3. The number of rotatable bonds is 6.